The van der Waals surface area contributed by atoms with E-state index in [0.717, 1.165) is 23.8 Å². The molecule has 19 heavy (non-hydrogen) atoms. The van der Waals surface area contributed by atoms with E-state index in [1.807, 2.05) is 24.0 Å². The Morgan fingerprint density at radius 1 is 1.32 bits per heavy atom. The van der Waals surface area contributed by atoms with Gasteiger partial charge in [0.25, 0.3) is 0 Å². The van der Waals surface area contributed by atoms with Gasteiger partial charge in [-0.25, -0.2) is 0 Å². The summed E-state index contributed by atoms with van der Waals surface area (Å²) in [4.78, 5) is 9.00. The molecule has 3 nitrogen and oxygen atoms in total. The van der Waals surface area contributed by atoms with Gasteiger partial charge < -0.3 is 5.32 Å². The zero-order chi connectivity index (χ0) is 13.1. The maximum atomic E-state index is 4.53. The Kier molecular flexibility index (Phi) is 3.69. The second-order valence-electron chi connectivity index (χ2n) is 4.64. The van der Waals surface area contributed by atoms with E-state index in [9.17, 15) is 0 Å². The van der Waals surface area contributed by atoms with Crippen molar-refractivity contribution < 1.29 is 0 Å². The van der Waals surface area contributed by atoms with Gasteiger partial charge in [-0.15, -0.1) is 0 Å². The van der Waals surface area contributed by atoms with Gasteiger partial charge in [-0.05, 0) is 18.1 Å². The van der Waals surface area contributed by atoms with Gasteiger partial charge in [0.15, 0.2) is 5.17 Å². The number of pyridine rings is 1. The first kappa shape index (κ1) is 12.5. The highest BCUT2D eigenvalue weighted by Gasteiger charge is 2.17. The molecule has 0 fully saturated rings. The molecule has 0 saturated carbocycles. The van der Waals surface area contributed by atoms with Crippen LogP contribution in [0.4, 0.5) is 0 Å². The predicted molar refractivity (Wildman–Crippen MR) is 82.6 cm³/mol. The van der Waals surface area contributed by atoms with Crippen molar-refractivity contribution in [3.8, 4) is 0 Å². The van der Waals surface area contributed by atoms with Crippen LogP contribution in [0, 0.1) is 0 Å². The van der Waals surface area contributed by atoms with E-state index in [2.05, 4.69) is 46.5 Å². The molecule has 1 aliphatic heterocycles. The molecular formula is C15H17N3S. The minimum absolute atomic E-state index is 0.646. The molecule has 0 amide bonds. The zero-order valence-corrected chi connectivity index (χ0v) is 11.8. The average Bonchev–Trinajstić information content (AvgIpc) is 2.93. The highest BCUT2D eigenvalue weighted by atomic mass is 32.2. The van der Waals surface area contributed by atoms with Crippen molar-refractivity contribution in [3.63, 3.8) is 0 Å². The van der Waals surface area contributed by atoms with Gasteiger partial charge in [0.05, 0.1) is 12.1 Å². The van der Waals surface area contributed by atoms with Gasteiger partial charge in [0.2, 0.25) is 0 Å². The minimum Gasteiger partial charge on any atom is -0.361 e. The second-order valence-corrected chi connectivity index (χ2v) is 5.93. The molecule has 2 aromatic rings. The number of aromatic nitrogens is 1. The van der Waals surface area contributed by atoms with E-state index in [4.69, 9.17) is 0 Å². The highest BCUT2D eigenvalue weighted by molar-refractivity contribution is 8.14. The van der Waals surface area contributed by atoms with Crippen LogP contribution in [0.15, 0.2) is 41.5 Å². The predicted octanol–water partition coefficient (Wildman–Crippen LogP) is 3.21. The van der Waals surface area contributed by atoms with Crippen molar-refractivity contribution in [2.45, 2.75) is 25.1 Å². The standard InChI is InChI=1S/C15H17N3S/c1-2-13-10-18-15(19-13)17-9-12-6-3-5-11-7-4-8-16-14(11)12/h3-8,13H,2,9-10H2,1H3,(H,17,18). The highest BCUT2D eigenvalue weighted by Crippen LogP contribution is 2.22. The Bertz CT molecular complexity index is 604. The van der Waals surface area contributed by atoms with Crippen molar-refractivity contribution in [2.75, 3.05) is 6.54 Å². The van der Waals surface area contributed by atoms with Crippen LogP contribution in [0.25, 0.3) is 10.9 Å². The van der Waals surface area contributed by atoms with Crippen LogP contribution in [-0.2, 0) is 6.54 Å². The molecule has 0 saturated heterocycles. The fourth-order valence-electron chi connectivity index (χ4n) is 2.21. The van der Waals surface area contributed by atoms with Crippen LogP contribution in [0.1, 0.15) is 18.9 Å². The number of para-hydroxylation sites is 1. The number of thioether (sulfide) groups is 1. The van der Waals surface area contributed by atoms with Crippen LogP contribution < -0.4 is 5.32 Å². The third-order valence-corrected chi connectivity index (χ3v) is 4.63. The van der Waals surface area contributed by atoms with Crippen LogP contribution >= 0.6 is 11.8 Å². The van der Waals surface area contributed by atoms with Crippen molar-refractivity contribution in [2.24, 2.45) is 4.99 Å². The third-order valence-electron chi connectivity index (χ3n) is 3.32. The average molecular weight is 271 g/mol. The number of fused-ring (bicyclic) bond motifs is 1. The molecule has 0 bridgehead atoms. The van der Waals surface area contributed by atoms with Crippen molar-refractivity contribution >= 4 is 27.8 Å². The number of rotatable bonds is 3. The summed E-state index contributed by atoms with van der Waals surface area (Å²) < 4.78 is 0. The van der Waals surface area contributed by atoms with Crippen molar-refractivity contribution in [1.29, 1.82) is 0 Å². The molecule has 2 heterocycles. The van der Waals surface area contributed by atoms with E-state index >= 15 is 0 Å². The summed E-state index contributed by atoms with van der Waals surface area (Å²) >= 11 is 1.85. The third kappa shape index (κ3) is 2.73. The molecule has 1 unspecified atom stereocenters. The fourth-order valence-corrected chi connectivity index (χ4v) is 3.14. The lowest BCUT2D eigenvalue weighted by Crippen LogP contribution is -2.19. The summed E-state index contributed by atoms with van der Waals surface area (Å²) in [5.74, 6) is 0. The van der Waals surface area contributed by atoms with Gasteiger partial charge in [-0.2, -0.15) is 0 Å². The first-order chi connectivity index (χ1) is 9.36. The Hall–Kier alpha value is -1.55. The Labute approximate surface area is 117 Å². The summed E-state index contributed by atoms with van der Waals surface area (Å²) in [5, 5.41) is 6.33. The van der Waals surface area contributed by atoms with E-state index in [0.29, 0.717) is 5.25 Å². The maximum Gasteiger partial charge on any atom is 0.157 e. The monoisotopic (exact) mass is 271 g/mol. The first-order valence-corrected chi connectivity index (χ1v) is 7.52. The molecule has 0 aliphatic carbocycles. The lowest BCUT2D eigenvalue weighted by atomic mass is 10.1. The Balaban J connectivity index is 1.72. The van der Waals surface area contributed by atoms with Gasteiger partial charge in [0, 0.05) is 23.4 Å². The number of aliphatic imine (C=N–C) groups is 1. The molecule has 4 heteroatoms. The minimum atomic E-state index is 0.646. The summed E-state index contributed by atoms with van der Waals surface area (Å²) in [5.41, 5.74) is 2.30. The summed E-state index contributed by atoms with van der Waals surface area (Å²) in [6.07, 6.45) is 3.02. The quantitative estimate of drug-likeness (QED) is 0.931. The lowest BCUT2D eigenvalue weighted by Gasteiger charge is -2.09. The number of amidine groups is 1. The molecule has 1 N–H and O–H groups in total. The topological polar surface area (TPSA) is 37.3 Å². The first-order valence-electron chi connectivity index (χ1n) is 6.64. The lowest BCUT2D eigenvalue weighted by molar-refractivity contribution is 0.839. The van der Waals surface area contributed by atoms with Gasteiger partial charge in [-0.3, -0.25) is 9.98 Å². The number of nitrogens with zero attached hydrogens (tertiary/aromatic N) is 2. The van der Waals surface area contributed by atoms with Crippen LogP contribution in [0.3, 0.4) is 0 Å². The van der Waals surface area contributed by atoms with Crippen LogP contribution in [-0.4, -0.2) is 21.9 Å². The summed E-state index contributed by atoms with van der Waals surface area (Å²) in [6.45, 7) is 3.94. The summed E-state index contributed by atoms with van der Waals surface area (Å²) in [7, 11) is 0. The number of hydrogen-bond acceptors (Lipinski definition) is 4. The molecule has 1 atom stereocenters. The molecular weight excluding hydrogens is 254 g/mol. The molecule has 0 radical (unpaired) electrons. The molecule has 1 aliphatic rings. The van der Waals surface area contributed by atoms with Crippen molar-refractivity contribution in [1.82, 2.24) is 10.3 Å². The maximum absolute atomic E-state index is 4.53. The summed E-state index contributed by atoms with van der Waals surface area (Å²) in [6, 6.07) is 10.4. The number of nitrogens with one attached hydrogen (secondary N) is 1. The Morgan fingerprint density at radius 2 is 2.21 bits per heavy atom. The van der Waals surface area contributed by atoms with E-state index in [1.165, 1.54) is 17.4 Å². The SMILES string of the molecule is CCC1CN=C(NCc2cccc3cccnc23)S1. The van der Waals surface area contributed by atoms with Crippen molar-refractivity contribution in [3.05, 3.63) is 42.1 Å². The van der Waals surface area contributed by atoms with Gasteiger partial charge in [0.1, 0.15) is 0 Å². The van der Waals surface area contributed by atoms with Crippen LogP contribution in [0.5, 0.6) is 0 Å². The van der Waals surface area contributed by atoms with E-state index in [1.54, 1.807) is 0 Å². The second kappa shape index (κ2) is 5.61. The molecule has 1 aromatic carbocycles. The normalized spacial score (nSPS) is 18.6. The molecule has 1 aromatic heterocycles. The largest absolute Gasteiger partial charge is 0.361 e. The number of benzene rings is 1. The van der Waals surface area contributed by atoms with E-state index in [-0.39, 0.29) is 0 Å². The Morgan fingerprint density at radius 3 is 3.05 bits per heavy atom. The van der Waals surface area contributed by atoms with Crippen LogP contribution in [0.2, 0.25) is 0 Å². The fraction of sp³-hybridized carbons (Fsp3) is 0.333. The van der Waals surface area contributed by atoms with E-state index < -0.39 is 0 Å². The molecule has 98 valence electrons. The molecule has 0 spiro atoms. The van der Waals surface area contributed by atoms with Gasteiger partial charge >= 0.3 is 0 Å². The van der Waals surface area contributed by atoms with Gasteiger partial charge in [-0.1, -0.05) is 43.0 Å². The smallest absolute Gasteiger partial charge is 0.157 e. The number of hydrogen-bond donors (Lipinski definition) is 1. The zero-order valence-electron chi connectivity index (χ0n) is 11.0. The molecule has 3 rings (SSSR count).